The van der Waals surface area contributed by atoms with Crippen LogP contribution in [0.25, 0.3) is 0 Å². The number of nitrogens with two attached hydrogens (primary N) is 1. The van der Waals surface area contributed by atoms with Crippen LogP contribution in [-0.2, 0) is 0 Å². The molecule has 1 heterocycles. The summed E-state index contributed by atoms with van der Waals surface area (Å²) in [4.78, 5) is 4.97. The van der Waals surface area contributed by atoms with Gasteiger partial charge in [-0.1, -0.05) is 13.8 Å². The molecule has 1 aliphatic heterocycles. The normalized spacial score (nSPS) is 21.3. The zero-order valence-electron chi connectivity index (χ0n) is 12.9. The number of hydrogen-bond donors (Lipinski definition) is 1. The molecular weight excluding hydrogens is 236 g/mol. The van der Waals surface area contributed by atoms with Gasteiger partial charge in [-0.2, -0.15) is 5.26 Å². The molecule has 0 spiro atoms. The molecule has 0 aromatic rings. The third kappa shape index (κ3) is 5.10. The van der Waals surface area contributed by atoms with E-state index in [9.17, 15) is 0 Å². The molecule has 0 aromatic carbocycles. The lowest BCUT2D eigenvalue weighted by Crippen LogP contribution is -2.44. The first-order valence-electron chi connectivity index (χ1n) is 7.67. The van der Waals surface area contributed by atoms with E-state index in [1.807, 2.05) is 6.92 Å². The second-order valence-corrected chi connectivity index (χ2v) is 5.87. The van der Waals surface area contributed by atoms with Crippen molar-refractivity contribution in [3.05, 3.63) is 0 Å². The van der Waals surface area contributed by atoms with Gasteiger partial charge in [0.15, 0.2) is 0 Å². The van der Waals surface area contributed by atoms with Crippen LogP contribution in [-0.4, -0.2) is 54.6 Å². The number of nitriles is 1. The molecule has 0 radical (unpaired) electrons. The molecule has 0 aromatic heterocycles. The van der Waals surface area contributed by atoms with Crippen molar-refractivity contribution in [1.29, 1.82) is 5.26 Å². The molecule has 4 nitrogen and oxygen atoms in total. The molecule has 1 atom stereocenters. The Bertz CT molecular complexity index is 291. The molecule has 0 bridgehead atoms. The maximum atomic E-state index is 9.06. The fourth-order valence-electron chi connectivity index (χ4n) is 2.81. The van der Waals surface area contributed by atoms with Crippen LogP contribution < -0.4 is 5.73 Å². The van der Waals surface area contributed by atoms with Crippen LogP contribution >= 0.6 is 0 Å². The maximum absolute atomic E-state index is 9.06. The zero-order valence-corrected chi connectivity index (χ0v) is 12.9. The predicted molar refractivity (Wildman–Crippen MR) is 79.8 cm³/mol. The van der Waals surface area contributed by atoms with Gasteiger partial charge in [-0.15, -0.1) is 0 Å². The molecule has 1 saturated heterocycles. The predicted octanol–water partition coefficient (Wildman–Crippen LogP) is 1.81. The highest BCUT2D eigenvalue weighted by Crippen LogP contribution is 2.17. The molecule has 1 rings (SSSR count). The van der Waals surface area contributed by atoms with E-state index in [2.05, 4.69) is 29.8 Å². The molecule has 0 aliphatic carbocycles. The number of piperidine rings is 1. The van der Waals surface area contributed by atoms with Gasteiger partial charge in [-0.05, 0) is 65.3 Å². The molecule has 0 amide bonds. The SMILES string of the molecule is CCN1CCC(N(C)CCCC(N)(C#N)CC)CC1. The van der Waals surface area contributed by atoms with Crippen molar-refractivity contribution in [2.24, 2.45) is 5.73 Å². The van der Waals surface area contributed by atoms with Crippen LogP contribution in [0.3, 0.4) is 0 Å². The van der Waals surface area contributed by atoms with E-state index < -0.39 is 5.54 Å². The van der Waals surface area contributed by atoms with E-state index in [1.165, 1.54) is 32.5 Å². The zero-order chi connectivity index (χ0) is 14.3. The Morgan fingerprint density at radius 3 is 2.47 bits per heavy atom. The van der Waals surface area contributed by atoms with E-state index in [-0.39, 0.29) is 0 Å². The van der Waals surface area contributed by atoms with E-state index in [0.717, 1.165) is 25.8 Å². The quantitative estimate of drug-likeness (QED) is 0.763. The Balaban J connectivity index is 2.25. The molecular formula is C15H30N4. The van der Waals surface area contributed by atoms with Crippen molar-refractivity contribution in [2.75, 3.05) is 33.2 Å². The molecule has 1 aliphatic rings. The summed E-state index contributed by atoms with van der Waals surface area (Å²) in [5, 5.41) is 9.06. The van der Waals surface area contributed by atoms with Gasteiger partial charge in [0, 0.05) is 6.04 Å². The average Bonchev–Trinajstić information content (AvgIpc) is 2.47. The van der Waals surface area contributed by atoms with Gasteiger partial charge in [-0.25, -0.2) is 0 Å². The summed E-state index contributed by atoms with van der Waals surface area (Å²) in [7, 11) is 2.21. The molecule has 1 unspecified atom stereocenters. The minimum Gasteiger partial charge on any atom is -0.313 e. The molecule has 19 heavy (non-hydrogen) atoms. The minimum absolute atomic E-state index is 0.619. The van der Waals surface area contributed by atoms with Gasteiger partial charge in [0.25, 0.3) is 0 Å². The van der Waals surface area contributed by atoms with Gasteiger partial charge >= 0.3 is 0 Å². The Kier molecular flexibility index (Phi) is 6.78. The van der Waals surface area contributed by atoms with Crippen LogP contribution in [0.4, 0.5) is 0 Å². The summed E-state index contributed by atoms with van der Waals surface area (Å²) in [6.45, 7) is 8.89. The first-order valence-corrected chi connectivity index (χ1v) is 7.67. The number of rotatable bonds is 7. The van der Waals surface area contributed by atoms with Crippen molar-refractivity contribution >= 4 is 0 Å². The molecule has 110 valence electrons. The maximum Gasteiger partial charge on any atom is 0.104 e. The van der Waals surface area contributed by atoms with E-state index in [0.29, 0.717) is 6.04 Å². The highest BCUT2D eigenvalue weighted by Gasteiger charge is 2.24. The highest BCUT2D eigenvalue weighted by molar-refractivity contribution is 5.03. The lowest BCUT2D eigenvalue weighted by atomic mass is 9.93. The van der Waals surface area contributed by atoms with Gasteiger partial charge in [-0.3, -0.25) is 0 Å². The Morgan fingerprint density at radius 2 is 2.00 bits per heavy atom. The van der Waals surface area contributed by atoms with Crippen molar-refractivity contribution in [1.82, 2.24) is 9.80 Å². The van der Waals surface area contributed by atoms with Gasteiger partial charge < -0.3 is 15.5 Å². The number of nitrogens with zero attached hydrogens (tertiary/aromatic N) is 3. The first-order chi connectivity index (χ1) is 9.04. The van der Waals surface area contributed by atoms with E-state index >= 15 is 0 Å². The molecule has 2 N–H and O–H groups in total. The summed E-state index contributed by atoms with van der Waals surface area (Å²) in [6, 6.07) is 2.95. The van der Waals surface area contributed by atoms with Crippen molar-refractivity contribution in [2.45, 2.75) is 57.5 Å². The Hall–Kier alpha value is -0.630. The standard InChI is InChI=1S/C15H30N4/c1-4-15(17,13-16)9-6-10-18(3)14-7-11-19(5-2)12-8-14/h14H,4-12,17H2,1-3H3. The Labute approximate surface area is 118 Å². The van der Waals surface area contributed by atoms with Crippen molar-refractivity contribution in [3.8, 4) is 6.07 Å². The summed E-state index contributed by atoms with van der Waals surface area (Å²) >= 11 is 0. The highest BCUT2D eigenvalue weighted by atomic mass is 15.2. The summed E-state index contributed by atoms with van der Waals surface area (Å²) in [5.41, 5.74) is 5.39. The molecule has 0 saturated carbocycles. The van der Waals surface area contributed by atoms with E-state index in [1.54, 1.807) is 0 Å². The monoisotopic (exact) mass is 266 g/mol. The van der Waals surface area contributed by atoms with Crippen LogP contribution in [0, 0.1) is 11.3 Å². The molecule has 1 fully saturated rings. The smallest absolute Gasteiger partial charge is 0.104 e. The van der Waals surface area contributed by atoms with Gasteiger partial charge in [0.2, 0.25) is 0 Å². The van der Waals surface area contributed by atoms with Crippen LogP contribution in [0.15, 0.2) is 0 Å². The lowest BCUT2D eigenvalue weighted by Gasteiger charge is -2.36. The largest absolute Gasteiger partial charge is 0.313 e. The van der Waals surface area contributed by atoms with Crippen molar-refractivity contribution in [3.63, 3.8) is 0 Å². The fourth-order valence-corrected chi connectivity index (χ4v) is 2.81. The van der Waals surface area contributed by atoms with Crippen LogP contribution in [0.1, 0.15) is 46.0 Å². The second kappa shape index (κ2) is 7.84. The minimum atomic E-state index is -0.619. The summed E-state index contributed by atoms with van der Waals surface area (Å²) < 4.78 is 0. The number of hydrogen-bond acceptors (Lipinski definition) is 4. The van der Waals surface area contributed by atoms with Gasteiger partial charge in [0.05, 0.1) is 6.07 Å². The van der Waals surface area contributed by atoms with Crippen LogP contribution in [0.2, 0.25) is 0 Å². The summed E-state index contributed by atoms with van der Waals surface area (Å²) in [5.74, 6) is 0. The topological polar surface area (TPSA) is 56.3 Å². The first kappa shape index (κ1) is 16.4. The lowest BCUT2D eigenvalue weighted by molar-refractivity contribution is 0.129. The second-order valence-electron chi connectivity index (χ2n) is 5.87. The third-order valence-electron chi connectivity index (χ3n) is 4.61. The van der Waals surface area contributed by atoms with E-state index in [4.69, 9.17) is 11.0 Å². The van der Waals surface area contributed by atoms with Crippen molar-refractivity contribution < 1.29 is 0 Å². The fraction of sp³-hybridized carbons (Fsp3) is 0.933. The average molecular weight is 266 g/mol. The number of likely N-dealkylation sites (tertiary alicyclic amines) is 1. The van der Waals surface area contributed by atoms with Crippen LogP contribution in [0.5, 0.6) is 0 Å². The molecule has 4 heteroatoms. The summed E-state index contributed by atoms with van der Waals surface area (Å²) in [6.07, 6.45) is 5.09. The Morgan fingerprint density at radius 1 is 1.37 bits per heavy atom. The third-order valence-corrected chi connectivity index (χ3v) is 4.61. The van der Waals surface area contributed by atoms with Gasteiger partial charge in [0.1, 0.15) is 5.54 Å².